The average molecular weight is 309 g/mol. The van der Waals surface area contributed by atoms with Crippen LogP contribution >= 0.6 is 0 Å². The van der Waals surface area contributed by atoms with Gasteiger partial charge in [0.1, 0.15) is 0 Å². The number of carboxylic acids is 1. The lowest BCUT2D eigenvalue weighted by molar-refractivity contribution is -0.131. The van der Waals surface area contributed by atoms with Crippen LogP contribution in [0.15, 0.2) is 46.2 Å². The molecule has 0 radical (unpaired) electrons. The zero-order valence-corrected chi connectivity index (χ0v) is 11.4. The van der Waals surface area contributed by atoms with Gasteiger partial charge in [0, 0.05) is 6.08 Å². The number of aliphatic carboxylic acids is 1. The van der Waals surface area contributed by atoms with E-state index in [2.05, 4.69) is 19.4 Å². The molecule has 0 spiro atoms. The first-order chi connectivity index (χ1) is 9.97. The molecule has 0 saturated carbocycles. The molecular formula is C12H11N3O5S. The molecule has 1 aromatic heterocycles. The summed E-state index contributed by atoms with van der Waals surface area (Å²) >= 11 is 0. The minimum atomic E-state index is -3.75. The minimum Gasteiger partial charge on any atom is -0.478 e. The van der Waals surface area contributed by atoms with Crippen LogP contribution in [0.2, 0.25) is 0 Å². The molecule has 110 valence electrons. The Morgan fingerprint density at radius 2 is 2.24 bits per heavy atom. The largest absolute Gasteiger partial charge is 0.478 e. The Labute approximate surface area is 120 Å². The van der Waals surface area contributed by atoms with Gasteiger partial charge in [-0.15, -0.1) is 0 Å². The van der Waals surface area contributed by atoms with Crippen molar-refractivity contribution < 1.29 is 22.8 Å². The lowest BCUT2D eigenvalue weighted by Crippen LogP contribution is -2.23. The van der Waals surface area contributed by atoms with Crippen molar-refractivity contribution in [1.82, 2.24) is 14.9 Å². The lowest BCUT2D eigenvalue weighted by Gasteiger charge is -2.05. The maximum Gasteiger partial charge on any atom is 0.328 e. The van der Waals surface area contributed by atoms with E-state index >= 15 is 0 Å². The lowest BCUT2D eigenvalue weighted by atomic mass is 10.2. The van der Waals surface area contributed by atoms with Crippen molar-refractivity contribution in [2.24, 2.45) is 0 Å². The Bertz CT molecular complexity index is 753. The van der Waals surface area contributed by atoms with Crippen LogP contribution in [-0.2, 0) is 21.4 Å². The highest BCUT2D eigenvalue weighted by atomic mass is 32.2. The molecule has 2 N–H and O–H groups in total. The van der Waals surface area contributed by atoms with Gasteiger partial charge in [0.2, 0.25) is 16.4 Å². The van der Waals surface area contributed by atoms with Crippen LogP contribution in [0.4, 0.5) is 0 Å². The summed E-state index contributed by atoms with van der Waals surface area (Å²) in [5, 5.41) is 12.0. The number of nitrogens with one attached hydrogen (secondary N) is 1. The number of carbonyl (C=O) groups is 1. The fourth-order valence-corrected chi connectivity index (χ4v) is 2.50. The van der Waals surface area contributed by atoms with Crippen molar-refractivity contribution in [1.29, 1.82) is 0 Å². The van der Waals surface area contributed by atoms with Crippen LogP contribution in [0.3, 0.4) is 0 Å². The predicted octanol–water partition coefficient (Wildman–Crippen LogP) is 0.646. The Balaban J connectivity index is 2.16. The van der Waals surface area contributed by atoms with E-state index in [0.717, 1.165) is 12.5 Å². The maximum atomic E-state index is 12.1. The number of benzene rings is 1. The van der Waals surface area contributed by atoms with Gasteiger partial charge in [-0.3, -0.25) is 0 Å². The fraction of sp³-hybridized carbons (Fsp3) is 0.0833. The van der Waals surface area contributed by atoms with E-state index in [4.69, 9.17) is 5.11 Å². The molecule has 9 heteroatoms. The molecule has 0 bridgehead atoms. The van der Waals surface area contributed by atoms with Gasteiger partial charge in [-0.2, -0.15) is 4.98 Å². The standard InChI is InChI=1S/C12H11N3O5S/c16-12(17)5-4-9-2-1-3-10(6-9)21(18,19)14-7-11-13-8-20-15-11/h1-6,8,14H,7H2,(H,16,17)/b5-4+. The van der Waals surface area contributed by atoms with Crippen LogP contribution in [0.1, 0.15) is 11.4 Å². The minimum absolute atomic E-state index is 0.0125. The van der Waals surface area contributed by atoms with Gasteiger partial charge in [0.15, 0.2) is 5.82 Å². The highest BCUT2D eigenvalue weighted by Crippen LogP contribution is 2.13. The van der Waals surface area contributed by atoms with Gasteiger partial charge in [-0.05, 0) is 23.8 Å². The van der Waals surface area contributed by atoms with E-state index in [-0.39, 0.29) is 17.3 Å². The van der Waals surface area contributed by atoms with E-state index in [0.29, 0.717) is 5.56 Å². The van der Waals surface area contributed by atoms with Gasteiger partial charge in [0.05, 0.1) is 11.4 Å². The Morgan fingerprint density at radius 1 is 1.43 bits per heavy atom. The zero-order valence-electron chi connectivity index (χ0n) is 10.6. The van der Waals surface area contributed by atoms with Crippen LogP contribution in [0.25, 0.3) is 6.08 Å². The van der Waals surface area contributed by atoms with Gasteiger partial charge >= 0.3 is 5.97 Å². The summed E-state index contributed by atoms with van der Waals surface area (Å²) in [6.07, 6.45) is 3.33. The van der Waals surface area contributed by atoms with E-state index in [9.17, 15) is 13.2 Å². The molecule has 2 aromatic rings. The number of carboxylic acid groups (broad SMARTS) is 1. The molecule has 1 heterocycles. The maximum absolute atomic E-state index is 12.1. The molecule has 0 aliphatic carbocycles. The molecular weight excluding hydrogens is 298 g/mol. The van der Waals surface area contributed by atoms with Crippen molar-refractivity contribution in [3.63, 3.8) is 0 Å². The third-order valence-corrected chi connectivity index (χ3v) is 3.81. The molecule has 0 aliphatic rings. The predicted molar refractivity (Wildman–Crippen MR) is 71.4 cm³/mol. The van der Waals surface area contributed by atoms with E-state index in [1.807, 2.05) is 0 Å². The van der Waals surface area contributed by atoms with E-state index in [1.54, 1.807) is 6.07 Å². The molecule has 0 amide bonds. The SMILES string of the molecule is O=C(O)/C=C/c1cccc(S(=O)(=O)NCc2ncon2)c1. The number of nitrogens with zero attached hydrogens (tertiary/aromatic N) is 2. The van der Waals surface area contributed by atoms with Crippen molar-refractivity contribution in [2.75, 3.05) is 0 Å². The molecule has 21 heavy (non-hydrogen) atoms. The zero-order chi connectivity index (χ0) is 15.3. The Hall–Kier alpha value is -2.52. The topological polar surface area (TPSA) is 122 Å². The third-order valence-electron chi connectivity index (χ3n) is 2.41. The second kappa shape index (κ2) is 6.29. The number of aromatic nitrogens is 2. The smallest absolute Gasteiger partial charge is 0.328 e. The Kier molecular flexibility index (Phi) is 4.45. The van der Waals surface area contributed by atoms with E-state index < -0.39 is 16.0 Å². The molecule has 0 unspecified atom stereocenters. The van der Waals surface area contributed by atoms with Crippen molar-refractivity contribution in [3.8, 4) is 0 Å². The van der Waals surface area contributed by atoms with Gasteiger partial charge in [0.25, 0.3) is 0 Å². The molecule has 0 aliphatic heterocycles. The van der Waals surface area contributed by atoms with Crippen molar-refractivity contribution in [2.45, 2.75) is 11.4 Å². The van der Waals surface area contributed by atoms with Gasteiger partial charge in [-0.1, -0.05) is 17.3 Å². The first-order valence-corrected chi connectivity index (χ1v) is 7.22. The van der Waals surface area contributed by atoms with E-state index in [1.165, 1.54) is 24.3 Å². The summed E-state index contributed by atoms with van der Waals surface area (Å²) in [6.45, 7) is -0.103. The number of rotatable bonds is 6. The fourth-order valence-electron chi connectivity index (χ4n) is 1.47. The molecule has 8 nitrogen and oxygen atoms in total. The molecule has 1 aromatic carbocycles. The third kappa shape index (κ3) is 4.23. The van der Waals surface area contributed by atoms with Gasteiger partial charge < -0.3 is 9.63 Å². The van der Waals surface area contributed by atoms with Gasteiger partial charge in [-0.25, -0.2) is 17.9 Å². The van der Waals surface area contributed by atoms with Crippen LogP contribution < -0.4 is 4.72 Å². The molecule has 2 rings (SSSR count). The molecule has 0 fully saturated rings. The second-order valence-corrected chi connectivity index (χ2v) is 5.68. The summed E-state index contributed by atoms with van der Waals surface area (Å²) in [5.74, 6) is -0.904. The van der Waals surface area contributed by atoms with Crippen LogP contribution in [0.5, 0.6) is 0 Å². The number of sulfonamides is 1. The molecule has 0 atom stereocenters. The number of hydrogen-bond acceptors (Lipinski definition) is 6. The monoisotopic (exact) mass is 309 g/mol. The van der Waals surface area contributed by atoms with Crippen LogP contribution in [-0.4, -0.2) is 29.6 Å². The molecule has 0 saturated heterocycles. The quantitative estimate of drug-likeness (QED) is 0.751. The highest BCUT2D eigenvalue weighted by molar-refractivity contribution is 7.89. The summed E-state index contributed by atoms with van der Waals surface area (Å²) < 4.78 is 31.0. The summed E-state index contributed by atoms with van der Waals surface area (Å²) in [7, 11) is -3.75. The normalized spacial score (nSPS) is 11.8. The Morgan fingerprint density at radius 3 is 2.90 bits per heavy atom. The first-order valence-electron chi connectivity index (χ1n) is 5.73. The van der Waals surface area contributed by atoms with Crippen molar-refractivity contribution in [3.05, 3.63) is 48.1 Å². The summed E-state index contributed by atoms with van der Waals surface area (Å²) in [6, 6.07) is 5.87. The summed E-state index contributed by atoms with van der Waals surface area (Å²) in [5.41, 5.74) is 0.458. The highest BCUT2D eigenvalue weighted by Gasteiger charge is 2.14. The van der Waals surface area contributed by atoms with Crippen molar-refractivity contribution >= 4 is 22.1 Å². The second-order valence-electron chi connectivity index (χ2n) is 3.92. The number of hydrogen-bond donors (Lipinski definition) is 2. The average Bonchev–Trinajstić information content (AvgIpc) is 2.97. The first kappa shape index (κ1) is 14.9. The van der Waals surface area contributed by atoms with Crippen LogP contribution in [0, 0.1) is 0 Å². The summed E-state index contributed by atoms with van der Waals surface area (Å²) in [4.78, 5) is 14.2.